The first-order chi connectivity index (χ1) is 15.0. The first-order valence-corrected chi connectivity index (χ1v) is 9.97. The van der Waals surface area contributed by atoms with E-state index in [0.29, 0.717) is 49.2 Å². The SMILES string of the molecule is Cn1nccc1C(=O)N[C@@H](Cc1cc(=O)[nH]c(N2CCOCC2)n1)c1ccc(F)cc1. The molecule has 10 heteroatoms. The Morgan fingerprint density at radius 3 is 2.68 bits per heavy atom. The number of nitrogens with one attached hydrogen (secondary N) is 2. The molecule has 162 valence electrons. The molecule has 1 atom stereocenters. The van der Waals surface area contributed by atoms with Gasteiger partial charge in [0.1, 0.15) is 11.5 Å². The standard InChI is InChI=1S/C21H23FN6O3/c1-27-18(6-7-23-27)20(30)25-17(14-2-4-15(22)5-3-14)12-16-13-19(29)26-21(24-16)28-8-10-31-11-9-28/h2-7,13,17H,8-12H2,1H3,(H,25,30)(H,24,26,29)/t17-/m0/s1. The van der Waals surface area contributed by atoms with E-state index in [-0.39, 0.29) is 23.7 Å². The number of amides is 1. The fraction of sp³-hybridized carbons (Fsp3) is 0.333. The van der Waals surface area contributed by atoms with Crippen LogP contribution in [-0.4, -0.2) is 52.0 Å². The lowest BCUT2D eigenvalue weighted by Gasteiger charge is -2.27. The number of carbonyl (C=O) groups excluding carboxylic acids is 1. The minimum atomic E-state index is -0.519. The number of aromatic nitrogens is 4. The summed E-state index contributed by atoms with van der Waals surface area (Å²) >= 11 is 0. The number of benzene rings is 1. The van der Waals surface area contributed by atoms with Crippen LogP contribution in [0, 0.1) is 5.82 Å². The van der Waals surface area contributed by atoms with Gasteiger partial charge in [0.25, 0.3) is 11.5 Å². The van der Waals surface area contributed by atoms with Crippen LogP contribution in [0.5, 0.6) is 0 Å². The van der Waals surface area contributed by atoms with Crippen molar-refractivity contribution in [2.45, 2.75) is 12.5 Å². The smallest absolute Gasteiger partial charge is 0.270 e. The van der Waals surface area contributed by atoms with E-state index < -0.39 is 6.04 Å². The first-order valence-electron chi connectivity index (χ1n) is 9.97. The summed E-state index contributed by atoms with van der Waals surface area (Å²) in [5.41, 5.74) is 1.33. The number of hydrogen-bond donors (Lipinski definition) is 2. The Morgan fingerprint density at radius 1 is 1.26 bits per heavy atom. The second-order valence-electron chi connectivity index (χ2n) is 7.28. The molecule has 0 radical (unpaired) electrons. The summed E-state index contributed by atoms with van der Waals surface area (Å²) in [7, 11) is 1.68. The highest BCUT2D eigenvalue weighted by molar-refractivity contribution is 5.92. The molecule has 0 unspecified atom stereocenters. The number of aryl methyl sites for hydroxylation is 1. The zero-order valence-electron chi connectivity index (χ0n) is 17.0. The highest BCUT2D eigenvalue weighted by atomic mass is 19.1. The van der Waals surface area contributed by atoms with Crippen LogP contribution < -0.4 is 15.8 Å². The maximum atomic E-state index is 13.5. The van der Waals surface area contributed by atoms with Gasteiger partial charge >= 0.3 is 0 Å². The molecule has 0 spiro atoms. The predicted octanol–water partition coefficient (Wildman–Crippen LogP) is 1.19. The van der Waals surface area contributed by atoms with Crippen molar-refractivity contribution in [3.63, 3.8) is 0 Å². The molecule has 3 heterocycles. The van der Waals surface area contributed by atoms with Crippen molar-refractivity contribution in [3.8, 4) is 0 Å². The summed E-state index contributed by atoms with van der Waals surface area (Å²) in [5.74, 6) is -0.224. The molecule has 4 rings (SSSR count). The Morgan fingerprint density at radius 2 is 2.00 bits per heavy atom. The van der Waals surface area contributed by atoms with E-state index >= 15 is 0 Å². The van der Waals surface area contributed by atoms with Crippen LogP contribution >= 0.6 is 0 Å². The van der Waals surface area contributed by atoms with Crippen molar-refractivity contribution < 1.29 is 13.9 Å². The van der Waals surface area contributed by atoms with Crippen LogP contribution in [0.15, 0.2) is 47.4 Å². The summed E-state index contributed by atoms with van der Waals surface area (Å²) in [6.45, 7) is 2.38. The quantitative estimate of drug-likeness (QED) is 0.614. The number of hydrogen-bond acceptors (Lipinski definition) is 6. The molecule has 1 fully saturated rings. The lowest BCUT2D eigenvalue weighted by atomic mass is 10.0. The highest BCUT2D eigenvalue weighted by Crippen LogP contribution is 2.20. The molecule has 3 aromatic rings. The second-order valence-corrected chi connectivity index (χ2v) is 7.28. The fourth-order valence-corrected chi connectivity index (χ4v) is 3.51. The van der Waals surface area contributed by atoms with Gasteiger partial charge < -0.3 is 15.0 Å². The zero-order chi connectivity index (χ0) is 21.8. The van der Waals surface area contributed by atoms with Gasteiger partial charge in [-0.2, -0.15) is 5.10 Å². The molecule has 1 saturated heterocycles. The van der Waals surface area contributed by atoms with Crippen LogP contribution in [0.1, 0.15) is 27.8 Å². The van der Waals surface area contributed by atoms with Gasteiger partial charge in [-0.3, -0.25) is 19.3 Å². The Hall–Kier alpha value is -3.53. The van der Waals surface area contributed by atoms with Gasteiger partial charge in [-0.05, 0) is 23.8 Å². The summed E-state index contributed by atoms with van der Waals surface area (Å²) in [4.78, 5) is 34.4. The lowest BCUT2D eigenvalue weighted by Crippen LogP contribution is -2.38. The third-order valence-electron chi connectivity index (χ3n) is 5.14. The third kappa shape index (κ3) is 4.97. The predicted molar refractivity (Wildman–Crippen MR) is 111 cm³/mol. The topological polar surface area (TPSA) is 105 Å². The van der Waals surface area contributed by atoms with Crippen molar-refractivity contribution in [3.05, 3.63) is 75.7 Å². The van der Waals surface area contributed by atoms with Crippen LogP contribution in [-0.2, 0) is 18.2 Å². The molecule has 2 N–H and O–H groups in total. The average Bonchev–Trinajstić information content (AvgIpc) is 3.20. The second kappa shape index (κ2) is 9.09. The largest absolute Gasteiger partial charge is 0.378 e. The van der Waals surface area contributed by atoms with Crippen LogP contribution in [0.4, 0.5) is 10.3 Å². The molecule has 0 saturated carbocycles. The van der Waals surface area contributed by atoms with E-state index in [1.807, 2.05) is 4.90 Å². The summed E-state index contributed by atoms with van der Waals surface area (Å²) in [5, 5.41) is 6.98. The molecular weight excluding hydrogens is 403 g/mol. The Kier molecular flexibility index (Phi) is 6.08. The van der Waals surface area contributed by atoms with E-state index in [0.717, 1.165) is 0 Å². The minimum absolute atomic E-state index is 0.260. The molecule has 1 aliphatic heterocycles. The fourth-order valence-electron chi connectivity index (χ4n) is 3.51. The van der Waals surface area contributed by atoms with Crippen LogP contribution in [0.2, 0.25) is 0 Å². The van der Waals surface area contributed by atoms with Gasteiger partial charge in [-0.1, -0.05) is 12.1 Å². The molecule has 9 nitrogen and oxygen atoms in total. The molecule has 2 aromatic heterocycles. The number of anilines is 1. The summed E-state index contributed by atoms with van der Waals surface area (Å²) in [6.07, 6.45) is 1.80. The van der Waals surface area contributed by atoms with E-state index in [2.05, 4.69) is 20.4 Å². The van der Waals surface area contributed by atoms with Crippen molar-refractivity contribution in [1.29, 1.82) is 0 Å². The van der Waals surface area contributed by atoms with Crippen LogP contribution in [0.25, 0.3) is 0 Å². The first kappa shape index (κ1) is 20.7. The summed E-state index contributed by atoms with van der Waals surface area (Å²) in [6, 6.07) is 8.40. The van der Waals surface area contributed by atoms with Gasteiger partial charge in [0.05, 0.1) is 24.9 Å². The molecule has 1 aromatic carbocycles. The molecule has 31 heavy (non-hydrogen) atoms. The normalized spacial score (nSPS) is 15.0. The molecule has 0 aliphatic carbocycles. The van der Waals surface area contributed by atoms with Crippen molar-refractivity contribution in [2.24, 2.45) is 7.05 Å². The van der Waals surface area contributed by atoms with Gasteiger partial charge in [0, 0.05) is 38.8 Å². The third-order valence-corrected chi connectivity index (χ3v) is 5.14. The number of H-pyrrole nitrogens is 1. The van der Waals surface area contributed by atoms with Gasteiger partial charge in [0.2, 0.25) is 5.95 Å². The Bertz CT molecular complexity index is 1100. The molecule has 0 bridgehead atoms. The Labute approximate surface area is 177 Å². The maximum absolute atomic E-state index is 13.5. The van der Waals surface area contributed by atoms with E-state index in [9.17, 15) is 14.0 Å². The number of halogens is 1. The maximum Gasteiger partial charge on any atom is 0.270 e. The number of rotatable bonds is 6. The monoisotopic (exact) mass is 426 g/mol. The average molecular weight is 426 g/mol. The van der Waals surface area contributed by atoms with Crippen molar-refractivity contribution in [2.75, 3.05) is 31.2 Å². The molecule has 1 amide bonds. The van der Waals surface area contributed by atoms with E-state index in [4.69, 9.17) is 4.74 Å². The van der Waals surface area contributed by atoms with Gasteiger partial charge in [0.15, 0.2) is 0 Å². The van der Waals surface area contributed by atoms with Crippen molar-refractivity contribution in [1.82, 2.24) is 25.1 Å². The van der Waals surface area contributed by atoms with E-state index in [1.165, 1.54) is 29.1 Å². The zero-order valence-corrected chi connectivity index (χ0v) is 17.0. The van der Waals surface area contributed by atoms with Crippen molar-refractivity contribution >= 4 is 11.9 Å². The van der Waals surface area contributed by atoms with Gasteiger partial charge in [-0.15, -0.1) is 0 Å². The number of morpholine rings is 1. The number of carbonyl (C=O) groups is 1. The lowest BCUT2D eigenvalue weighted by molar-refractivity contribution is 0.0926. The van der Waals surface area contributed by atoms with Gasteiger partial charge in [-0.25, -0.2) is 9.37 Å². The number of aromatic amines is 1. The minimum Gasteiger partial charge on any atom is -0.378 e. The van der Waals surface area contributed by atoms with E-state index in [1.54, 1.807) is 25.2 Å². The van der Waals surface area contributed by atoms with Crippen LogP contribution in [0.3, 0.4) is 0 Å². The molecular formula is C21H23FN6O3. The highest BCUT2D eigenvalue weighted by Gasteiger charge is 2.21. The molecule has 1 aliphatic rings. The number of nitrogens with zero attached hydrogens (tertiary/aromatic N) is 4. The Balaban J connectivity index is 1.62. The number of ether oxygens (including phenoxy) is 1. The summed E-state index contributed by atoms with van der Waals surface area (Å²) < 4.78 is 20.3.